The second kappa shape index (κ2) is 8.62. The molecule has 33 heavy (non-hydrogen) atoms. The Morgan fingerprint density at radius 3 is 2.27 bits per heavy atom. The van der Waals surface area contributed by atoms with Crippen molar-refractivity contribution in [2.45, 2.75) is 38.8 Å². The normalized spacial score (nSPS) is 16.4. The zero-order chi connectivity index (χ0) is 23.8. The second-order valence-corrected chi connectivity index (χ2v) is 9.12. The maximum Gasteiger partial charge on any atom is 0.290 e. The van der Waals surface area contributed by atoms with Crippen molar-refractivity contribution in [1.29, 1.82) is 0 Å². The van der Waals surface area contributed by atoms with Gasteiger partial charge >= 0.3 is 0 Å². The van der Waals surface area contributed by atoms with Crippen molar-refractivity contribution in [3.05, 3.63) is 101 Å². The molecule has 1 aliphatic rings. The third-order valence-corrected chi connectivity index (χ3v) is 5.90. The highest BCUT2D eigenvalue weighted by Crippen LogP contribution is 2.40. The summed E-state index contributed by atoms with van der Waals surface area (Å²) in [6.45, 7) is 6.57. The number of aliphatic hydroxyl groups is 1. The molecule has 170 valence electrons. The monoisotopic (exact) mass is 445 g/mol. The van der Waals surface area contributed by atoms with Crippen LogP contribution in [0.2, 0.25) is 0 Å². The number of Topliss-reactive ketones (excluding diaryl/α,β-unsaturated/α-hetero) is 1. The predicted octanol–water partition coefficient (Wildman–Crippen LogP) is 5.36. The topological polar surface area (TPSA) is 80.0 Å². The van der Waals surface area contributed by atoms with E-state index in [1.165, 1.54) is 17.2 Å². The minimum atomic E-state index is -0.744. The van der Waals surface area contributed by atoms with Crippen molar-refractivity contribution < 1.29 is 23.8 Å². The number of aliphatic hydroxyl groups excluding tert-OH is 1. The van der Waals surface area contributed by atoms with E-state index in [0.29, 0.717) is 5.75 Å². The van der Waals surface area contributed by atoms with E-state index in [9.17, 15) is 14.7 Å². The number of methoxy groups -OCH3 is 1. The van der Waals surface area contributed by atoms with Crippen LogP contribution in [0.25, 0.3) is 0 Å². The average molecular weight is 446 g/mol. The zero-order valence-electron chi connectivity index (χ0n) is 19.2. The third kappa shape index (κ3) is 4.29. The van der Waals surface area contributed by atoms with Gasteiger partial charge in [0.05, 0.1) is 25.0 Å². The third-order valence-electron chi connectivity index (χ3n) is 5.90. The lowest BCUT2D eigenvalue weighted by Gasteiger charge is -2.28. The summed E-state index contributed by atoms with van der Waals surface area (Å²) >= 11 is 0. The number of ketones is 1. The highest BCUT2D eigenvalue weighted by atomic mass is 16.5. The van der Waals surface area contributed by atoms with Gasteiger partial charge in [-0.1, -0.05) is 57.2 Å². The molecule has 0 spiro atoms. The van der Waals surface area contributed by atoms with E-state index < -0.39 is 23.5 Å². The molecule has 1 N–H and O–H groups in total. The van der Waals surface area contributed by atoms with Crippen molar-refractivity contribution in [2.75, 3.05) is 7.11 Å². The maximum absolute atomic E-state index is 13.2. The van der Waals surface area contributed by atoms with Crippen LogP contribution in [0.3, 0.4) is 0 Å². The van der Waals surface area contributed by atoms with Gasteiger partial charge < -0.3 is 19.2 Å². The summed E-state index contributed by atoms with van der Waals surface area (Å²) in [6.07, 6.45) is 1.39. The number of benzene rings is 2. The van der Waals surface area contributed by atoms with Crippen LogP contribution < -0.4 is 4.74 Å². The smallest absolute Gasteiger partial charge is 0.290 e. The molecule has 2 aromatic carbocycles. The van der Waals surface area contributed by atoms with Crippen molar-refractivity contribution in [3.8, 4) is 5.75 Å². The number of carbonyl (C=O) groups is 2. The van der Waals surface area contributed by atoms with E-state index in [4.69, 9.17) is 9.15 Å². The first-order valence-corrected chi connectivity index (χ1v) is 10.8. The Bertz CT molecular complexity index is 1180. The van der Waals surface area contributed by atoms with Gasteiger partial charge in [0.15, 0.2) is 11.5 Å². The summed E-state index contributed by atoms with van der Waals surface area (Å²) in [5.74, 6) is -0.865. The van der Waals surface area contributed by atoms with Crippen LogP contribution in [-0.4, -0.2) is 28.8 Å². The number of amides is 1. The molecule has 6 heteroatoms. The molecule has 0 saturated carbocycles. The minimum absolute atomic E-state index is 0.0203. The predicted molar refractivity (Wildman–Crippen MR) is 124 cm³/mol. The molecule has 0 saturated heterocycles. The summed E-state index contributed by atoms with van der Waals surface area (Å²) in [6, 6.07) is 17.5. The Morgan fingerprint density at radius 2 is 1.73 bits per heavy atom. The maximum atomic E-state index is 13.2. The summed E-state index contributed by atoms with van der Waals surface area (Å²) < 4.78 is 10.5. The molecule has 0 bridgehead atoms. The van der Waals surface area contributed by atoms with Gasteiger partial charge in [-0.15, -0.1) is 0 Å². The van der Waals surface area contributed by atoms with E-state index >= 15 is 0 Å². The van der Waals surface area contributed by atoms with Gasteiger partial charge in [-0.2, -0.15) is 0 Å². The van der Waals surface area contributed by atoms with Gasteiger partial charge in [-0.25, -0.2) is 0 Å². The van der Waals surface area contributed by atoms with Crippen LogP contribution in [0.4, 0.5) is 0 Å². The van der Waals surface area contributed by atoms with Crippen LogP contribution in [-0.2, 0) is 16.8 Å². The number of hydrogen-bond donors (Lipinski definition) is 1. The van der Waals surface area contributed by atoms with Crippen molar-refractivity contribution in [3.63, 3.8) is 0 Å². The van der Waals surface area contributed by atoms with Crippen molar-refractivity contribution >= 4 is 11.7 Å². The molecule has 2 heterocycles. The number of furan rings is 1. The molecule has 0 radical (unpaired) electrons. The molecular formula is C27H27NO5. The molecule has 0 fully saturated rings. The standard InChI is InChI=1S/C27H27NO5/c1-27(2,3)19-11-9-18(10-12-19)23-22(24(29)21-6-5-15-33-21)25(30)26(31)28(23)16-17-7-13-20(32-4)14-8-17/h5-15,23,30H,16H2,1-4H3. The Labute approximate surface area is 193 Å². The SMILES string of the molecule is COc1ccc(CN2C(=O)C(O)=C(C(=O)c3ccco3)C2c2ccc(C(C)(C)C)cc2)cc1. The average Bonchev–Trinajstić information content (AvgIpc) is 3.42. The van der Waals surface area contributed by atoms with Crippen molar-refractivity contribution in [1.82, 2.24) is 4.90 Å². The molecule has 1 atom stereocenters. The van der Waals surface area contributed by atoms with Crippen LogP contribution >= 0.6 is 0 Å². The van der Waals surface area contributed by atoms with Crippen LogP contribution in [0.5, 0.6) is 5.75 Å². The first kappa shape index (κ1) is 22.4. The Hall–Kier alpha value is -3.80. The second-order valence-electron chi connectivity index (χ2n) is 9.12. The molecule has 1 unspecified atom stereocenters. The molecule has 1 aliphatic heterocycles. The summed E-state index contributed by atoms with van der Waals surface area (Å²) in [4.78, 5) is 27.9. The van der Waals surface area contributed by atoms with Gasteiger partial charge in [0.2, 0.25) is 5.78 Å². The summed E-state index contributed by atoms with van der Waals surface area (Å²) in [5.41, 5.74) is 2.69. The van der Waals surface area contributed by atoms with E-state index in [1.807, 2.05) is 48.5 Å². The van der Waals surface area contributed by atoms with Crippen LogP contribution in [0.15, 0.2) is 82.7 Å². The van der Waals surface area contributed by atoms with Gasteiger partial charge in [-0.3, -0.25) is 9.59 Å². The lowest BCUT2D eigenvalue weighted by atomic mass is 9.85. The van der Waals surface area contributed by atoms with Crippen molar-refractivity contribution in [2.24, 2.45) is 0 Å². The fourth-order valence-electron chi connectivity index (χ4n) is 4.03. The largest absolute Gasteiger partial charge is 0.503 e. The Kier molecular flexibility index (Phi) is 5.85. The fraction of sp³-hybridized carbons (Fsp3) is 0.259. The van der Waals surface area contributed by atoms with Gasteiger partial charge in [-0.05, 0) is 46.4 Å². The highest BCUT2D eigenvalue weighted by molar-refractivity contribution is 6.15. The highest BCUT2D eigenvalue weighted by Gasteiger charge is 2.44. The lowest BCUT2D eigenvalue weighted by molar-refractivity contribution is -0.130. The van der Waals surface area contributed by atoms with Gasteiger partial charge in [0, 0.05) is 6.54 Å². The fourth-order valence-corrected chi connectivity index (χ4v) is 4.03. The minimum Gasteiger partial charge on any atom is -0.503 e. The molecule has 0 aliphatic carbocycles. The summed E-state index contributed by atoms with van der Waals surface area (Å²) in [7, 11) is 1.59. The summed E-state index contributed by atoms with van der Waals surface area (Å²) in [5, 5.41) is 10.8. The number of nitrogens with zero attached hydrogens (tertiary/aromatic N) is 1. The van der Waals surface area contributed by atoms with E-state index in [2.05, 4.69) is 20.8 Å². The van der Waals surface area contributed by atoms with Gasteiger partial charge in [0.1, 0.15) is 5.75 Å². The van der Waals surface area contributed by atoms with Crippen LogP contribution in [0, 0.1) is 0 Å². The van der Waals surface area contributed by atoms with E-state index in [-0.39, 0.29) is 23.3 Å². The molecule has 6 nitrogen and oxygen atoms in total. The quantitative estimate of drug-likeness (QED) is 0.517. The molecule has 1 amide bonds. The number of hydrogen-bond acceptors (Lipinski definition) is 5. The Morgan fingerprint density at radius 1 is 1.06 bits per heavy atom. The molecule has 4 rings (SSSR count). The number of rotatable bonds is 6. The van der Waals surface area contributed by atoms with Crippen LogP contribution in [0.1, 0.15) is 54.1 Å². The Balaban J connectivity index is 1.76. The van der Waals surface area contributed by atoms with E-state index in [1.54, 1.807) is 13.2 Å². The molecule has 3 aromatic rings. The number of carbonyl (C=O) groups excluding carboxylic acids is 2. The first-order chi connectivity index (χ1) is 15.7. The van der Waals surface area contributed by atoms with Gasteiger partial charge in [0.25, 0.3) is 5.91 Å². The molecule has 1 aromatic heterocycles. The first-order valence-electron chi connectivity index (χ1n) is 10.8. The zero-order valence-corrected chi connectivity index (χ0v) is 19.2. The van der Waals surface area contributed by atoms with E-state index in [0.717, 1.165) is 16.7 Å². The lowest BCUT2D eigenvalue weighted by Crippen LogP contribution is -2.30. The molecular weight excluding hydrogens is 418 g/mol. The number of ether oxygens (including phenoxy) is 1.